The van der Waals surface area contributed by atoms with Crippen molar-refractivity contribution in [2.75, 3.05) is 13.6 Å². The van der Waals surface area contributed by atoms with Crippen LogP contribution < -0.4 is 15.4 Å². The third-order valence-corrected chi connectivity index (χ3v) is 2.67. The molecule has 5 nitrogen and oxygen atoms in total. The Labute approximate surface area is 114 Å². The van der Waals surface area contributed by atoms with Gasteiger partial charge >= 0.3 is 0 Å². The van der Waals surface area contributed by atoms with Crippen molar-refractivity contribution in [3.63, 3.8) is 0 Å². The van der Waals surface area contributed by atoms with E-state index in [-0.39, 0.29) is 5.91 Å². The van der Waals surface area contributed by atoms with Crippen molar-refractivity contribution in [3.8, 4) is 5.75 Å². The molecule has 0 aliphatic rings. The third-order valence-electron chi connectivity index (χ3n) is 2.67. The summed E-state index contributed by atoms with van der Waals surface area (Å²) in [4.78, 5) is 16.0. The maximum absolute atomic E-state index is 11.7. The van der Waals surface area contributed by atoms with E-state index in [2.05, 4.69) is 22.5 Å². The van der Waals surface area contributed by atoms with Gasteiger partial charge in [-0.3, -0.25) is 9.78 Å². The van der Waals surface area contributed by atoms with Crippen LogP contribution in [-0.4, -0.2) is 30.6 Å². The maximum atomic E-state index is 11.7. The zero-order chi connectivity index (χ0) is 14.1. The predicted molar refractivity (Wildman–Crippen MR) is 75.0 cm³/mol. The van der Waals surface area contributed by atoms with Gasteiger partial charge in [0.2, 0.25) is 0 Å². The molecule has 1 heterocycles. The smallest absolute Gasteiger partial charge is 0.260 e. The Kier molecular flexibility index (Phi) is 6.89. The van der Waals surface area contributed by atoms with Gasteiger partial charge in [-0.2, -0.15) is 0 Å². The summed E-state index contributed by atoms with van der Waals surface area (Å²) in [6, 6.07) is 3.71. The Hall–Kier alpha value is -1.62. The number of ether oxygens (including phenoxy) is 1. The Morgan fingerprint density at radius 2 is 2.26 bits per heavy atom. The number of unbranched alkanes of at least 4 members (excludes halogenated alkanes) is 1. The maximum Gasteiger partial charge on any atom is 0.260 e. The van der Waals surface area contributed by atoms with Crippen LogP contribution in [0.3, 0.4) is 0 Å². The largest absolute Gasteiger partial charge is 0.479 e. The number of hydrogen-bond donors (Lipinski definition) is 2. The lowest BCUT2D eigenvalue weighted by atomic mass is 10.3. The average Bonchev–Trinajstić information content (AvgIpc) is 2.41. The lowest BCUT2D eigenvalue weighted by Crippen LogP contribution is -2.36. The number of nitrogens with zero attached hydrogens (tertiary/aromatic N) is 1. The van der Waals surface area contributed by atoms with E-state index in [4.69, 9.17) is 4.74 Å². The second kappa shape index (κ2) is 8.48. The Morgan fingerprint density at radius 1 is 1.47 bits per heavy atom. The first-order valence-electron chi connectivity index (χ1n) is 6.71. The minimum absolute atomic E-state index is 0.0900. The SMILES string of the molecule is CCCCNC(=O)C(C)Oc1ccc(CNC)nc1. The van der Waals surface area contributed by atoms with Crippen LogP contribution in [0.5, 0.6) is 5.75 Å². The van der Waals surface area contributed by atoms with Gasteiger partial charge in [-0.15, -0.1) is 0 Å². The van der Waals surface area contributed by atoms with E-state index in [1.54, 1.807) is 13.1 Å². The summed E-state index contributed by atoms with van der Waals surface area (Å²) < 4.78 is 5.54. The van der Waals surface area contributed by atoms with Crippen LogP contribution in [-0.2, 0) is 11.3 Å². The van der Waals surface area contributed by atoms with E-state index in [0.717, 1.165) is 18.5 Å². The molecule has 0 radical (unpaired) electrons. The Balaban J connectivity index is 2.42. The number of amides is 1. The summed E-state index contributed by atoms with van der Waals surface area (Å²) in [6.07, 6.45) is 3.18. The van der Waals surface area contributed by atoms with Gasteiger partial charge in [0.15, 0.2) is 6.10 Å². The van der Waals surface area contributed by atoms with Crippen LogP contribution in [0.1, 0.15) is 32.4 Å². The molecule has 1 unspecified atom stereocenters. The molecule has 0 fully saturated rings. The Bertz CT molecular complexity index is 379. The summed E-state index contributed by atoms with van der Waals surface area (Å²) in [5, 5.41) is 5.86. The van der Waals surface area contributed by atoms with Crippen LogP contribution in [0.15, 0.2) is 18.3 Å². The van der Waals surface area contributed by atoms with Crippen molar-refractivity contribution in [1.82, 2.24) is 15.6 Å². The number of pyridine rings is 1. The van der Waals surface area contributed by atoms with Crippen molar-refractivity contribution in [1.29, 1.82) is 0 Å². The molecular formula is C14H23N3O2. The molecule has 1 aromatic rings. The van der Waals surface area contributed by atoms with E-state index in [0.29, 0.717) is 18.8 Å². The number of carbonyl (C=O) groups is 1. The minimum atomic E-state index is -0.506. The highest BCUT2D eigenvalue weighted by atomic mass is 16.5. The molecule has 0 aromatic carbocycles. The molecule has 1 amide bonds. The number of hydrogen-bond acceptors (Lipinski definition) is 4. The summed E-state index contributed by atoms with van der Waals surface area (Å²) >= 11 is 0. The molecule has 0 saturated heterocycles. The summed E-state index contributed by atoms with van der Waals surface area (Å²) in [5.41, 5.74) is 0.940. The molecule has 1 rings (SSSR count). The van der Waals surface area contributed by atoms with E-state index in [1.807, 2.05) is 19.2 Å². The first-order chi connectivity index (χ1) is 9.17. The molecule has 19 heavy (non-hydrogen) atoms. The lowest BCUT2D eigenvalue weighted by Gasteiger charge is -2.14. The van der Waals surface area contributed by atoms with E-state index in [9.17, 15) is 4.79 Å². The van der Waals surface area contributed by atoms with Crippen LogP contribution in [0, 0.1) is 0 Å². The molecule has 0 spiro atoms. The van der Waals surface area contributed by atoms with Crippen molar-refractivity contribution in [2.45, 2.75) is 39.3 Å². The van der Waals surface area contributed by atoms with Gasteiger partial charge in [-0.25, -0.2) is 0 Å². The fourth-order valence-corrected chi connectivity index (χ4v) is 1.56. The summed E-state index contributed by atoms with van der Waals surface area (Å²) in [7, 11) is 1.87. The zero-order valence-electron chi connectivity index (χ0n) is 11.9. The highest BCUT2D eigenvalue weighted by Gasteiger charge is 2.13. The molecule has 2 N–H and O–H groups in total. The highest BCUT2D eigenvalue weighted by molar-refractivity contribution is 5.80. The second-order valence-corrected chi connectivity index (χ2v) is 4.42. The average molecular weight is 265 g/mol. The van der Waals surface area contributed by atoms with Crippen molar-refractivity contribution < 1.29 is 9.53 Å². The molecule has 1 atom stereocenters. The first-order valence-corrected chi connectivity index (χ1v) is 6.71. The van der Waals surface area contributed by atoms with Crippen LogP contribution in [0.2, 0.25) is 0 Å². The normalized spacial score (nSPS) is 11.9. The quantitative estimate of drug-likeness (QED) is 0.699. The number of rotatable bonds is 8. The van der Waals surface area contributed by atoms with Crippen LogP contribution >= 0.6 is 0 Å². The van der Waals surface area contributed by atoms with Gasteiger partial charge in [-0.05, 0) is 32.5 Å². The standard InChI is InChI=1S/C14H23N3O2/c1-4-5-8-16-14(18)11(2)19-13-7-6-12(9-15-3)17-10-13/h6-7,10-11,15H,4-5,8-9H2,1-3H3,(H,16,18). The predicted octanol–water partition coefficient (Wildman–Crippen LogP) is 1.48. The van der Waals surface area contributed by atoms with Crippen molar-refractivity contribution in [3.05, 3.63) is 24.0 Å². The number of carbonyl (C=O) groups excluding carboxylic acids is 1. The molecule has 0 aliphatic carbocycles. The van der Waals surface area contributed by atoms with E-state index in [1.165, 1.54) is 0 Å². The van der Waals surface area contributed by atoms with Gasteiger partial charge < -0.3 is 15.4 Å². The fraction of sp³-hybridized carbons (Fsp3) is 0.571. The number of aromatic nitrogens is 1. The highest BCUT2D eigenvalue weighted by Crippen LogP contribution is 2.11. The molecule has 1 aromatic heterocycles. The van der Waals surface area contributed by atoms with Crippen LogP contribution in [0.4, 0.5) is 0 Å². The molecule has 5 heteroatoms. The van der Waals surface area contributed by atoms with Crippen LogP contribution in [0.25, 0.3) is 0 Å². The molecule has 0 bridgehead atoms. The van der Waals surface area contributed by atoms with Gasteiger partial charge in [0, 0.05) is 13.1 Å². The Morgan fingerprint density at radius 3 is 2.84 bits per heavy atom. The summed E-state index contributed by atoms with van der Waals surface area (Å²) in [5.74, 6) is 0.519. The molecular weight excluding hydrogens is 242 g/mol. The zero-order valence-corrected chi connectivity index (χ0v) is 11.9. The minimum Gasteiger partial charge on any atom is -0.479 e. The second-order valence-electron chi connectivity index (χ2n) is 4.42. The molecule has 106 valence electrons. The van der Waals surface area contributed by atoms with Gasteiger partial charge in [-0.1, -0.05) is 13.3 Å². The monoisotopic (exact) mass is 265 g/mol. The third kappa shape index (κ3) is 5.70. The van der Waals surface area contributed by atoms with E-state index >= 15 is 0 Å². The van der Waals surface area contributed by atoms with Gasteiger partial charge in [0.1, 0.15) is 5.75 Å². The van der Waals surface area contributed by atoms with Crippen molar-refractivity contribution in [2.24, 2.45) is 0 Å². The van der Waals surface area contributed by atoms with E-state index < -0.39 is 6.10 Å². The molecule has 0 aliphatic heterocycles. The summed E-state index contributed by atoms with van der Waals surface area (Å²) in [6.45, 7) is 5.24. The number of nitrogens with one attached hydrogen (secondary N) is 2. The lowest BCUT2D eigenvalue weighted by molar-refractivity contribution is -0.127. The molecule has 0 saturated carbocycles. The van der Waals surface area contributed by atoms with Gasteiger partial charge in [0.25, 0.3) is 5.91 Å². The fourth-order valence-electron chi connectivity index (χ4n) is 1.56. The topological polar surface area (TPSA) is 63.2 Å². The van der Waals surface area contributed by atoms with Gasteiger partial charge in [0.05, 0.1) is 11.9 Å². The first kappa shape index (κ1) is 15.4. The van der Waals surface area contributed by atoms with Crippen molar-refractivity contribution >= 4 is 5.91 Å².